The summed E-state index contributed by atoms with van der Waals surface area (Å²) in [5, 5.41) is 23.8. The topological polar surface area (TPSA) is 105 Å². The maximum absolute atomic E-state index is 13.0. The summed E-state index contributed by atoms with van der Waals surface area (Å²) in [7, 11) is 0. The van der Waals surface area contributed by atoms with Gasteiger partial charge in [0.15, 0.2) is 0 Å². The van der Waals surface area contributed by atoms with Gasteiger partial charge in [-0.3, -0.25) is 14.9 Å². The Labute approximate surface area is 209 Å². The fourth-order valence-electron chi connectivity index (χ4n) is 2.83. The predicted octanol–water partition coefficient (Wildman–Crippen LogP) is 7.37. The monoisotopic (exact) mass is 565 g/mol. The van der Waals surface area contributed by atoms with Crippen LogP contribution in [0.5, 0.6) is 11.5 Å². The SMILES string of the molecule is N#C/C(=C\c1cc(Br)ccc1Oc1ccc(C(F)(F)F)cc1[N+](=O)[O-])C(=O)Nc1cccc(Cl)c1. The number of amides is 1. The number of nitrogens with one attached hydrogen (secondary N) is 1. The predicted molar refractivity (Wildman–Crippen MR) is 126 cm³/mol. The van der Waals surface area contributed by atoms with E-state index in [0.717, 1.165) is 6.07 Å². The maximum atomic E-state index is 13.0. The number of nitrogens with zero attached hydrogens (tertiary/aromatic N) is 2. The molecule has 0 atom stereocenters. The highest BCUT2D eigenvalue weighted by atomic mass is 79.9. The molecule has 0 saturated heterocycles. The number of hydrogen-bond donors (Lipinski definition) is 1. The number of nitro benzene ring substituents is 1. The molecule has 3 aromatic rings. The Bertz CT molecular complexity index is 1390. The van der Waals surface area contributed by atoms with Crippen molar-refractivity contribution in [1.29, 1.82) is 5.26 Å². The molecule has 1 N–H and O–H groups in total. The van der Waals surface area contributed by atoms with E-state index < -0.39 is 34.0 Å². The van der Waals surface area contributed by atoms with Crippen LogP contribution in [0.4, 0.5) is 24.5 Å². The number of alkyl halides is 3. The summed E-state index contributed by atoms with van der Waals surface area (Å²) in [5.74, 6) is -1.26. The van der Waals surface area contributed by atoms with Crippen LogP contribution in [0.3, 0.4) is 0 Å². The highest BCUT2D eigenvalue weighted by Gasteiger charge is 2.33. The highest BCUT2D eigenvalue weighted by Crippen LogP contribution is 2.39. The molecule has 0 bridgehead atoms. The van der Waals surface area contributed by atoms with E-state index in [1.54, 1.807) is 24.3 Å². The lowest BCUT2D eigenvalue weighted by Crippen LogP contribution is -2.13. The van der Waals surface area contributed by atoms with Crippen LogP contribution in [0, 0.1) is 21.4 Å². The number of anilines is 1. The Morgan fingerprint density at radius 3 is 2.49 bits per heavy atom. The normalized spacial score (nSPS) is 11.5. The lowest BCUT2D eigenvalue weighted by Gasteiger charge is -2.12. The number of ether oxygens (including phenoxy) is 1. The van der Waals surface area contributed by atoms with Gasteiger partial charge in [0, 0.05) is 26.8 Å². The van der Waals surface area contributed by atoms with E-state index in [0.29, 0.717) is 27.3 Å². The van der Waals surface area contributed by atoms with E-state index >= 15 is 0 Å². The van der Waals surface area contributed by atoms with Crippen LogP contribution in [0.1, 0.15) is 11.1 Å². The second kappa shape index (κ2) is 10.6. The van der Waals surface area contributed by atoms with E-state index in [1.807, 2.05) is 0 Å². The molecule has 7 nitrogen and oxygen atoms in total. The van der Waals surface area contributed by atoms with Crippen LogP contribution in [0.15, 0.2) is 70.7 Å². The van der Waals surface area contributed by atoms with Crippen LogP contribution in [0.2, 0.25) is 5.02 Å². The highest BCUT2D eigenvalue weighted by molar-refractivity contribution is 9.10. The third kappa shape index (κ3) is 6.59. The number of halogens is 5. The average molecular weight is 567 g/mol. The van der Waals surface area contributed by atoms with Crippen molar-refractivity contribution in [2.45, 2.75) is 6.18 Å². The van der Waals surface area contributed by atoms with Crippen molar-refractivity contribution < 1.29 is 27.6 Å². The maximum Gasteiger partial charge on any atom is 0.416 e. The second-order valence-electron chi connectivity index (χ2n) is 6.86. The Hall–Kier alpha value is -3.88. The zero-order valence-electron chi connectivity index (χ0n) is 17.3. The summed E-state index contributed by atoms with van der Waals surface area (Å²) in [6.45, 7) is 0. The quantitative estimate of drug-likeness (QED) is 0.145. The smallest absolute Gasteiger partial charge is 0.416 e. The van der Waals surface area contributed by atoms with Gasteiger partial charge in [0.1, 0.15) is 17.4 Å². The third-order valence-corrected chi connectivity index (χ3v) is 5.15. The van der Waals surface area contributed by atoms with Gasteiger partial charge < -0.3 is 10.1 Å². The number of nitriles is 1. The van der Waals surface area contributed by atoms with Gasteiger partial charge in [0.25, 0.3) is 5.91 Å². The number of carbonyl (C=O) groups excluding carboxylic acids is 1. The minimum atomic E-state index is -4.78. The van der Waals surface area contributed by atoms with Crippen LogP contribution in [-0.2, 0) is 11.0 Å². The Balaban J connectivity index is 1.99. The van der Waals surface area contributed by atoms with Gasteiger partial charge in [-0.2, -0.15) is 18.4 Å². The number of benzene rings is 3. The van der Waals surface area contributed by atoms with E-state index in [-0.39, 0.29) is 16.9 Å². The Kier molecular flexibility index (Phi) is 7.78. The molecule has 178 valence electrons. The summed E-state index contributed by atoms with van der Waals surface area (Å²) in [6.07, 6.45) is -3.61. The first-order chi connectivity index (χ1) is 16.5. The molecule has 0 heterocycles. The van der Waals surface area contributed by atoms with Crippen molar-refractivity contribution >= 4 is 50.9 Å². The van der Waals surface area contributed by atoms with Crippen LogP contribution >= 0.6 is 27.5 Å². The van der Waals surface area contributed by atoms with E-state index in [2.05, 4.69) is 21.2 Å². The minimum Gasteiger partial charge on any atom is -0.449 e. The minimum absolute atomic E-state index is 0.0423. The summed E-state index contributed by atoms with van der Waals surface area (Å²) < 4.78 is 45.0. The molecule has 1 amide bonds. The standard InChI is InChI=1S/C23H12BrClF3N3O4/c24-16-5-7-20(35-21-6-4-15(23(26,27)28)10-19(21)31(33)34)13(9-16)8-14(12-29)22(32)30-18-3-1-2-17(25)11-18/h1-11H,(H,30,32)/b14-8+. The van der Waals surface area contributed by atoms with Gasteiger partial charge in [-0.1, -0.05) is 33.6 Å². The van der Waals surface area contributed by atoms with Crippen LogP contribution < -0.4 is 10.1 Å². The molecular weight excluding hydrogens is 555 g/mol. The Morgan fingerprint density at radius 2 is 1.86 bits per heavy atom. The molecule has 3 rings (SSSR count). The molecule has 0 aliphatic heterocycles. The molecule has 0 fully saturated rings. The molecule has 0 spiro atoms. The summed E-state index contributed by atoms with van der Waals surface area (Å²) in [5.41, 5.74) is -1.95. The number of rotatable bonds is 6. The van der Waals surface area contributed by atoms with Gasteiger partial charge >= 0.3 is 11.9 Å². The first kappa shape index (κ1) is 25.7. The lowest BCUT2D eigenvalue weighted by molar-refractivity contribution is -0.385. The van der Waals surface area contributed by atoms with Gasteiger partial charge in [-0.25, -0.2) is 0 Å². The molecule has 12 heteroatoms. The van der Waals surface area contributed by atoms with E-state index in [4.69, 9.17) is 16.3 Å². The van der Waals surface area contributed by atoms with Crippen molar-refractivity contribution in [1.82, 2.24) is 0 Å². The molecule has 0 aliphatic rings. The van der Waals surface area contributed by atoms with Crippen LogP contribution in [0.25, 0.3) is 6.08 Å². The van der Waals surface area contributed by atoms with Gasteiger partial charge in [-0.15, -0.1) is 0 Å². The molecule has 0 saturated carbocycles. The van der Waals surface area contributed by atoms with Gasteiger partial charge in [-0.05, 0) is 54.6 Å². The average Bonchev–Trinajstić information content (AvgIpc) is 2.78. The molecule has 35 heavy (non-hydrogen) atoms. The van der Waals surface area contributed by atoms with Crippen molar-refractivity contribution in [2.24, 2.45) is 0 Å². The molecule has 0 unspecified atom stereocenters. The van der Waals surface area contributed by atoms with E-state index in [9.17, 15) is 33.3 Å². The molecule has 0 aliphatic carbocycles. The molecular formula is C23H12BrClF3N3O4. The van der Waals surface area contributed by atoms with Crippen molar-refractivity contribution in [3.63, 3.8) is 0 Å². The van der Waals surface area contributed by atoms with Crippen LogP contribution in [-0.4, -0.2) is 10.8 Å². The van der Waals surface area contributed by atoms with Gasteiger partial charge in [0.2, 0.25) is 5.75 Å². The summed E-state index contributed by atoms with van der Waals surface area (Å²) in [4.78, 5) is 23.0. The second-order valence-corrected chi connectivity index (χ2v) is 8.21. The largest absolute Gasteiger partial charge is 0.449 e. The molecule has 3 aromatic carbocycles. The Morgan fingerprint density at radius 1 is 1.14 bits per heavy atom. The zero-order valence-corrected chi connectivity index (χ0v) is 19.6. The first-order valence-electron chi connectivity index (χ1n) is 9.49. The lowest BCUT2D eigenvalue weighted by atomic mass is 10.1. The summed E-state index contributed by atoms with van der Waals surface area (Å²) in [6, 6.07) is 14.2. The van der Waals surface area contributed by atoms with Crippen molar-refractivity contribution in [2.75, 3.05) is 5.32 Å². The molecule has 0 aromatic heterocycles. The summed E-state index contributed by atoms with van der Waals surface area (Å²) >= 11 is 9.14. The molecule has 0 radical (unpaired) electrons. The fourth-order valence-corrected chi connectivity index (χ4v) is 3.40. The van der Waals surface area contributed by atoms with Crippen molar-refractivity contribution in [3.8, 4) is 17.6 Å². The zero-order chi connectivity index (χ0) is 25.8. The number of hydrogen-bond acceptors (Lipinski definition) is 5. The number of nitro groups is 1. The van der Waals surface area contributed by atoms with Gasteiger partial charge in [0.05, 0.1) is 10.5 Å². The first-order valence-corrected chi connectivity index (χ1v) is 10.7. The number of carbonyl (C=O) groups is 1. The fraction of sp³-hybridized carbons (Fsp3) is 0.0435. The van der Waals surface area contributed by atoms with E-state index in [1.165, 1.54) is 30.3 Å². The third-order valence-electron chi connectivity index (χ3n) is 4.42. The van der Waals surface area contributed by atoms with Crippen molar-refractivity contribution in [3.05, 3.63) is 97.0 Å².